The Bertz CT molecular complexity index is 1060. The van der Waals surface area contributed by atoms with E-state index in [1.807, 2.05) is 33.0 Å². The first-order chi connectivity index (χ1) is 14.6. The molecule has 168 valence electrons. The summed E-state index contributed by atoms with van der Waals surface area (Å²) in [6, 6.07) is 9.13. The van der Waals surface area contributed by atoms with Crippen LogP contribution in [0.5, 0.6) is 0 Å². The number of anilines is 1. The highest BCUT2D eigenvalue weighted by molar-refractivity contribution is 7.89. The van der Waals surface area contributed by atoms with Crippen LogP contribution in [-0.4, -0.2) is 45.4 Å². The van der Waals surface area contributed by atoms with E-state index < -0.39 is 20.7 Å². The van der Waals surface area contributed by atoms with Gasteiger partial charge in [0.15, 0.2) is 0 Å². The standard InChI is InChI=1S/C23H30FN3O3S/c1-15-7-5-6-8-19(15)23(28)25-21-14-20(24)22(13-16(21)2)31(29,30)26-17(3)18-9-11-27(4)12-10-18/h5-8,13-14,17-18,26H,9-12H2,1-4H3,(H,25,28)/t17-/m1/s1. The number of carbonyl (C=O) groups is 1. The smallest absolute Gasteiger partial charge is 0.255 e. The summed E-state index contributed by atoms with van der Waals surface area (Å²) < 4.78 is 43.2. The van der Waals surface area contributed by atoms with Gasteiger partial charge in [-0.1, -0.05) is 18.2 Å². The maximum atomic E-state index is 14.8. The average Bonchev–Trinajstić information content (AvgIpc) is 2.70. The molecule has 1 amide bonds. The van der Waals surface area contributed by atoms with E-state index in [4.69, 9.17) is 0 Å². The summed E-state index contributed by atoms with van der Waals surface area (Å²) in [6.07, 6.45) is 1.79. The lowest BCUT2D eigenvalue weighted by Gasteiger charge is -2.32. The molecule has 1 heterocycles. The number of sulfonamides is 1. The van der Waals surface area contributed by atoms with Gasteiger partial charge in [0, 0.05) is 17.3 Å². The minimum absolute atomic E-state index is 0.211. The van der Waals surface area contributed by atoms with Gasteiger partial charge in [0.25, 0.3) is 5.91 Å². The predicted octanol–water partition coefficient (Wildman–Crippen LogP) is 3.70. The van der Waals surface area contributed by atoms with Crippen molar-refractivity contribution in [3.8, 4) is 0 Å². The zero-order valence-electron chi connectivity index (χ0n) is 18.4. The van der Waals surface area contributed by atoms with Crippen LogP contribution in [0.15, 0.2) is 41.3 Å². The van der Waals surface area contributed by atoms with Gasteiger partial charge in [0.05, 0.1) is 0 Å². The number of hydrogen-bond donors (Lipinski definition) is 2. The van der Waals surface area contributed by atoms with Crippen LogP contribution >= 0.6 is 0 Å². The molecule has 3 rings (SSSR count). The maximum absolute atomic E-state index is 14.8. The average molecular weight is 448 g/mol. The van der Waals surface area contributed by atoms with Crippen molar-refractivity contribution >= 4 is 21.6 Å². The number of amides is 1. The zero-order chi connectivity index (χ0) is 22.8. The van der Waals surface area contributed by atoms with E-state index in [1.54, 1.807) is 19.1 Å². The van der Waals surface area contributed by atoms with Crippen LogP contribution in [0.25, 0.3) is 0 Å². The number of piperidine rings is 1. The van der Waals surface area contributed by atoms with Crippen molar-refractivity contribution in [2.75, 3.05) is 25.5 Å². The fourth-order valence-electron chi connectivity index (χ4n) is 3.95. The Kier molecular flexibility index (Phi) is 7.13. The third-order valence-electron chi connectivity index (χ3n) is 6.02. The van der Waals surface area contributed by atoms with Crippen molar-refractivity contribution < 1.29 is 17.6 Å². The molecule has 0 spiro atoms. The highest BCUT2D eigenvalue weighted by Gasteiger charge is 2.28. The molecule has 0 aliphatic carbocycles. The normalized spacial score (nSPS) is 16.8. The molecule has 1 fully saturated rings. The SMILES string of the molecule is Cc1cc(S(=O)(=O)N[C@H](C)C2CCN(C)CC2)c(F)cc1NC(=O)c1ccccc1C. The van der Waals surface area contributed by atoms with Crippen molar-refractivity contribution in [2.24, 2.45) is 5.92 Å². The van der Waals surface area contributed by atoms with Gasteiger partial charge >= 0.3 is 0 Å². The Balaban J connectivity index is 1.77. The van der Waals surface area contributed by atoms with E-state index in [-0.39, 0.29) is 23.6 Å². The monoisotopic (exact) mass is 447 g/mol. The number of aryl methyl sites for hydroxylation is 2. The minimum atomic E-state index is -4.03. The molecule has 0 unspecified atom stereocenters. The predicted molar refractivity (Wildman–Crippen MR) is 120 cm³/mol. The second-order valence-corrected chi connectivity index (χ2v) is 10.1. The lowest BCUT2D eigenvalue weighted by atomic mass is 9.91. The molecule has 1 atom stereocenters. The molecular formula is C23H30FN3O3S. The Hall–Kier alpha value is -2.29. The van der Waals surface area contributed by atoms with Crippen LogP contribution in [0.4, 0.5) is 10.1 Å². The summed E-state index contributed by atoms with van der Waals surface area (Å²) in [4.78, 5) is 14.4. The van der Waals surface area contributed by atoms with E-state index in [0.717, 1.165) is 37.6 Å². The molecule has 2 N–H and O–H groups in total. The first kappa shape index (κ1) is 23.4. The van der Waals surface area contributed by atoms with E-state index in [9.17, 15) is 17.6 Å². The fourth-order valence-corrected chi connectivity index (χ4v) is 5.40. The molecule has 1 aliphatic rings. The van der Waals surface area contributed by atoms with Gasteiger partial charge in [-0.25, -0.2) is 17.5 Å². The fraction of sp³-hybridized carbons (Fsp3) is 0.435. The number of hydrogen-bond acceptors (Lipinski definition) is 4. The quantitative estimate of drug-likeness (QED) is 0.708. The van der Waals surface area contributed by atoms with E-state index in [1.165, 1.54) is 6.07 Å². The summed E-state index contributed by atoms with van der Waals surface area (Å²) in [5, 5.41) is 2.68. The van der Waals surface area contributed by atoms with Gasteiger partial charge in [0.1, 0.15) is 10.7 Å². The zero-order valence-corrected chi connectivity index (χ0v) is 19.2. The van der Waals surface area contributed by atoms with Crippen molar-refractivity contribution in [2.45, 2.75) is 44.6 Å². The van der Waals surface area contributed by atoms with Gasteiger partial charge in [-0.2, -0.15) is 0 Å². The van der Waals surface area contributed by atoms with Crippen LogP contribution < -0.4 is 10.0 Å². The second kappa shape index (κ2) is 9.46. The van der Waals surface area contributed by atoms with Crippen molar-refractivity contribution in [3.63, 3.8) is 0 Å². The molecule has 0 aromatic heterocycles. The van der Waals surface area contributed by atoms with Crippen LogP contribution in [-0.2, 0) is 10.0 Å². The van der Waals surface area contributed by atoms with Crippen molar-refractivity contribution in [1.82, 2.24) is 9.62 Å². The van der Waals surface area contributed by atoms with Crippen LogP contribution in [0.1, 0.15) is 41.3 Å². The molecule has 0 bridgehead atoms. The Labute approximate surface area is 183 Å². The summed E-state index contributed by atoms with van der Waals surface area (Å²) in [7, 11) is -1.99. The molecule has 1 aliphatic heterocycles. The third kappa shape index (κ3) is 5.50. The van der Waals surface area contributed by atoms with Crippen LogP contribution in [0, 0.1) is 25.6 Å². The summed E-state index contributed by atoms with van der Waals surface area (Å²) in [5.41, 5.74) is 1.99. The topological polar surface area (TPSA) is 78.5 Å². The molecule has 2 aromatic rings. The Morgan fingerprint density at radius 3 is 2.42 bits per heavy atom. The number of carbonyl (C=O) groups excluding carboxylic acids is 1. The second-order valence-electron chi connectivity index (χ2n) is 8.42. The van der Waals surface area contributed by atoms with Crippen molar-refractivity contribution in [1.29, 1.82) is 0 Å². The Morgan fingerprint density at radius 1 is 1.13 bits per heavy atom. The number of nitrogens with one attached hydrogen (secondary N) is 2. The number of likely N-dealkylation sites (tertiary alicyclic amines) is 1. The van der Waals surface area contributed by atoms with Crippen molar-refractivity contribution in [3.05, 3.63) is 58.9 Å². The van der Waals surface area contributed by atoms with Gasteiger partial charge in [0.2, 0.25) is 10.0 Å². The molecular weight excluding hydrogens is 417 g/mol. The van der Waals surface area contributed by atoms with Gasteiger partial charge in [-0.05, 0) is 89.0 Å². The van der Waals surface area contributed by atoms with Crippen LogP contribution in [0.3, 0.4) is 0 Å². The summed E-state index contributed by atoms with van der Waals surface area (Å²) in [5.74, 6) is -1.05. The minimum Gasteiger partial charge on any atom is -0.322 e. The maximum Gasteiger partial charge on any atom is 0.255 e. The molecule has 0 radical (unpaired) electrons. The lowest BCUT2D eigenvalue weighted by molar-refractivity contribution is 0.102. The van der Waals surface area contributed by atoms with E-state index >= 15 is 0 Å². The first-order valence-electron chi connectivity index (χ1n) is 10.5. The summed E-state index contributed by atoms with van der Waals surface area (Å²) >= 11 is 0. The molecule has 0 saturated carbocycles. The number of halogens is 1. The molecule has 1 saturated heterocycles. The Morgan fingerprint density at radius 2 is 1.77 bits per heavy atom. The van der Waals surface area contributed by atoms with E-state index in [0.29, 0.717) is 11.1 Å². The summed E-state index contributed by atoms with van der Waals surface area (Å²) in [6.45, 7) is 7.12. The molecule has 31 heavy (non-hydrogen) atoms. The third-order valence-corrected chi connectivity index (χ3v) is 7.59. The largest absolute Gasteiger partial charge is 0.322 e. The van der Waals surface area contributed by atoms with Gasteiger partial charge < -0.3 is 10.2 Å². The van der Waals surface area contributed by atoms with Gasteiger partial charge in [-0.15, -0.1) is 0 Å². The highest BCUT2D eigenvalue weighted by Crippen LogP contribution is 2.26. The number of benzene rings is 2. The number of nitrogens with zero attached hydrogens (tertiary/aromatic N) is 1. The van der Waals surface area contributed by atoms with Gasteiger partial charge in [-0.3, -0.25) is 4.79 Å². The number of rotatable bonds is 6. The molecule has 6 nitrogen and oxygen atoms in total. The molecule has 8 heteroatoms. The highest BCUT2D eigenvalue weighted by atomic mass is 32.2. The van der Waals surface area contributed by atoms with Crippen LogP contribution in [0.2, 0.25) is 0 Å². The lowest BCUT2D eigenvalue weighted by Crippen LogP contribution is -2.43. The van der Waals surface area contributed by atoms with E-state index in [2.05, 4.69) is 14.9 Å². The first-order valence-corrected chi connectivity index (χ1v) is 11.9. The molecule has 2 aromatic carbocycles.